The molecule has 0 saturated heterocycles. The Balaban J connectivity index is 3.21. The number of halogens is 2. The molecule has 7 nitrogen and oxygen atoms in total. The van der Waals surface area contributed by atoms with E-state index in [1.165, 1.54) is 12.3 Å². The maximum Gasteiger partial charge on any atom is 0.244 e. The van der Waals surface area contributed by atoms with E-state index in [1.807, 2.05) is 4.72 Å². The van der Waals surface area contributed by atoms with Crippen molar-refractivity contribution in [3.8, 4) is 0 Å². The van der Waals surface area contributed by atoms with Gasteiger partial charge in [0.25, 0.3) is 0 Å². The minimum atomic E-state index is -4.16. The van der Waals surface area contributed by atoms with Crippen LogP contribution in [0.3, 0.4) is 0 Å². The highest BCUT2D eigenvalue weighted by atomic mass is 79.9. The maximum atomic E-state index is 12.1. The fourth-order valence-electron chi connectivity index (χ4n) is 1.18. The standard InChI is InChI=1S/C9H12BrClN2O5S/c10-6-1-7(8(11)12-2-6)19(17,18)13-9(3-14,4-15)5-16/h1-2,13-16H,3-5H2. The molecule has 0 aliphatic heterocycles. The first kappa shape index (κ1) is 16.8. The molecule has 0 atom stereocenters. The van der Waals surface area contributed by atoms with Crippen LogP contribution in [0, 0.1) is 0 Å². The molecule has 1 aromatic rings. The molecule has 1 heterocycles. The van der Waals surface area contributed by atoms with E-state index in [4.69, 9.17) is 26.9 Å². The Morgan fingerprint density at radius 2 is 1.84 bits per heavy atom. The van der Waals surface area contributed by atoms with Crippen LogP contribution in [0.15, 0.2) is 21.6 Å². The predicted octanol–water partition coefficient (Wildman–Crippen LogP) is -0.509. The summed E-state index contributed by atoms with van der Waals surface area (Å²) in [4.78, 5) is 3.33. The number of aliphatic hydroxyl groups is 3. The van der Waals surface area contributed by atoms with Crippen LogP contribution in [0.25, 0.3) is 0 Å². The van der Waals surface area contributed by atoms with Crippen LogP contribution in [0.4, 0.5) is 0 Å². The van der Waals surface area contributed by atoms with Crippen molar-refractivity contribution in [2.75, 3.05) is 19.8 Å². The molecule has 0 aliphatic carbocycles. The van der Waals surface area contributed by atoms with E-state index in [9.17, 15) is 8.42 Å². The Labute approximate surface area is 123 Å². The lowest BCUT2D eigenvalue weighted by Gasteiger charge is -2.28. The molecule has 0 aliphatic rings. The third-order valence-corrected chi connectivity index (χ3v) is 4.76. The molecule has 108 valence electrons. The van der Waals surface area contributed by atoms with Crippen molar-refractivity contribution in [1.82, 2.24) is 9.71 Å². The summed E-state index contributed by atoms with van der Waals surface area (Å²) in [5, 5.41) is 27.1. The van der Waals surface area contributed by atoms with Crippen LogP contribution in [-0.2, 0) is 10.0 Å². The molecular weight excluding hydrogens is 364 g/mol. The molecule has 19 heavy (non-hydrogen) atoms. The van der Waals surface area contributed by atoms with Gasteiger partial charge in [0.15, 0.2) is 0 Å². The third kappa shape index (κ3) is 3.85. The van der Waals surface area contributed by atoms with Crippen molar-refractivity contribution >= 4 is 37.6 Å². The molecule has 1 rings (SSSR count). The fourth-order valence-corrected chi connectivity index (χ4v) is 3.50. The zero-order valence-corrected chi connectivity index (χ0v) is 12.7. The number of hydrogen-bond donors (Lipinski definition) is 4. The van der Waals surface area contributed by atoms with Crippen molar-refractivity contribution < 1.29 is 23.7 Å². The normalized spacial score (nSPS) is 12.7. The minimum absolute atomic E-state index is 0.265. The minimum Gasteiger partial charge on any atom is -0.394 e. The van der Waals surface area contributed by atoms with Gasteiger partial charge in [-0.05, 0) is 22.0 Å². The van der Waals surface area contributed by atoms with Gasteiger partial charge in [0.1, 0.15) is 15.6 Å². The van der Waals surface area contributed by atoms with E-state index in [0.29, 0.717) is 4.47 Å². The van der Waals surface area contributed by atoms with Crippen molar-refractivity contribution in [3.63, 3.8) is 0 Å². The van der Waals surface area contributed by atoms with Gasteiger partial charge >= 0.3 is 0 Å². The second kappa shape index (κ2) is 6.44. The molecule has 0 spiro atoms. The van der Waals surface area contributed by atoms with Crippen molar-refractivity contribution in [3.05, 3.63) is 21.9 Å². The van der Waals surface area contributed by atoms with Gasteiger partial charge in [0.2, 0.25) is 10.0 Å². The first-order valence-corrected chi connectivity index (χ1v) is 7.63. The SMILES string of the molecule is O=S(=O)(NC(CO)(CO)CO)c1cc(Br)cnc1Cl. The Kier molecular flexibility index (Phi) is 5.68. The van der Waals surface area contributed by atoms with Crippen molar-refractivity contribution in [2.24, 2.45) is 0 Å². The summed E-state index contributed by atoms with van der Waals surface area (Å²) >= 11 is 8.76. The zero-order valence-electron chi connectivity index (χ0n) is 9.55. The van der Waals surface area contributed by atoms with E-state index >= 15 is 0 Å². The Hall–Kier alpha value is -0.290. The number of nitrogens with one attached hydrogen (secondary N) is 1. The average molecular weight is 376 g/mol. The highest BCUT2D eigenvalue weighted by molar-refractivity contribution is 9.10. The summed E-state index contributed by atoms with van der Waals surface area (Å²) < 4.78 is 26.6. The summed E-state index contributed by atoms with van der Waals surface area (Å²) in [5.41, 5.74) is -1.77. The largest absolute Gasteiger partial charge is 0.394 e. The highest BCUT2D eigenvalue weighted by Crippen LogP contribution is 2.23. The second-order valence-electron chi connectivity index (χ2n) is 3.80. The highest BCUT2D eigenvalue weighted by Gasteiger charge is 2.35. The first-order valence-electron chi connectivity index (χ1n) is 4.98. The summed E-state index contributed by atoms with van der Waals surface area (Å²) in [5.74, 6) is 0. The monoisotopic (exact) mass is 374 g/mol. The van der Waals surface area contributed by atoms with E-state index < -0.39 is 35.4 Å². The molecule has 1 aromatic heterocycles. The van der Waals surface area contributed by atoms with Crippen LogP contribution >= 0.6 is 27.5 Å². The van der Waals surface area contributed by atoms with Crippen LogP contribution in [0.5, 0.6) is 0 Å². The Morgan fingerprint density at radius 3 is 2.32 bits per heavy atom. The maximum absolute atomic E-state index is 12.1. The molecule has 0 bridgehead atoms. The van der Waals surface area contributed by atoms with Gasteiger partial charge in [-0.3, -0.25) is 0 Å². The topological polar surface area (TPSA) is 120 Å². The number of aromatic nitrogens is 1. The summed E-state index contributed by atoms with van der Waals surface area (Å²) in [6.45, 7) is -2.34. The molecule has 0 amide bonds. The van der Waals surface area contributed by atoms with Gasteiger partial charge in [0.05, 0.1) is 19.8 Å². The average Bonchev–Trinajstić information content (AvgIpc) is 2.39. The third-order valence-electron chi connectivity index (χ3n) is 2.32. The Morgan fingerprint density at radius 1 is 1.32 bits per heavy atom. The summed E-state index contributed by atoms with van der Waals surface area (Å²) in [7, 11) is -4.16. The van der Waals surface area contributed by atoms with Crippen LogP contribution in [-0.4, -0.2) is 54.1 Å². The molecule has 4 N–H and O–H groups in total. The number of sulfonamides is 1. The van der Waals surface area contributed by atoms with Gasteiger partial charge in [-0.15, -0.1) is 0 Å². The molecule has 0 saturated carbocycles. The lowest BCUT2D eigenvalue weighted by molar-refractivity contribution is 0.0582. The fraction of sp³-hybridized carbons (Fsp3) is 0.444. The van der Waals surface area contributed by atoms with Gasteiger partial charge in [-0.1, -0.05) is 11.6 Å². The zero-order chi connectivity index (χ0) is 14.7. The van der Waals surface area contributed by atoms with Crippen LogP contribution < -0.4 is 4.72 Å². The molecule has 0 fully saturated rings. The summed E-state index contributed by atoms with van der Waals surface area (Å²) in [6, 6.07) is 1.22. The summed E-state index contributed by atoms with van der Waals surface area (Å²) in [6.07, 6.45) is 1.32. The van der Waals surface area contributed by atoms with E-state index in [0.717, 1.165) is 0 Å². The number of hydrogen-bond acceptors (Lipinski definition) is 6. The van der Waals surface area contributed by atoms with Crippen LogP contribution in [0.1, 0.15) is 0 Å². The van der Waals surface area contributed by atoms with E-state index in [2.05, 4.69) is 20.9 Å². The lowest BCUT2D eigenvalue weighted by atomic mass is 10.1. The Bertz CT molecular complexity index is 541. The number of pyridine rings is 1. The number of nitrogens with zero attached hydrogens (tertiary/aromatic N) is 1. The molecule has 10 heteroatoms. The van der Waals surface area contributed by atoms with Gasteiger partial charge in [-0.25, -0.2) is 13.4 Å². The first-order chi connectivity index (χ1) is 8.80. The second-order valence-corrected chi connectivity index (χ2v) is 6.73. The van der Waals surface area contributed by atoms with E-state index in [1.54, 1.807) is 0 Å². The van der Waals surface area contributed by atoms with Gasteiger partial charge in [-0.2, -0.15) is 4.72 Å². The number of rotatable bonds is 6. The lowest BCUT2D eigenvalue weighted by Crippen LogP contribution is -2.56. The molecule has 0 unspecified atom stereocenters. The molecule has 0 aromatic carbocycles. The smallest absolute Gasteiger partial charge is 0.244 e. The predicted molar refractivity (Wildman–Crippen MR) is 71.3 cm³/mol. The van der Waals surface area contributed by atoms with Crippen molar-refractivity contribution in [1.29, 1.82) is 0 Å². The number of aliphatic hydroxyl groups excluding tert-OH is 3. The van der Waals surface area contributed by atoms with Gasteiger partial charge in [0, 0.05) is 10.7 Å². The van der Waals surface area contributed by atoms with Crippen LogP contribution in [0.2, 0.25) is 5.15 Å². The van der Waals surface area contributed by atoms with Gasteiger partial charge < -0.3 is 15.3 Å². The van der Waals surface area contributed by atoms with Crippen molar-refractivity contribution in [2.45, 2.75) is 10.4 Å². The van der Waals surface area contributed by atoms with E-state index in [-0.39, 0.29) is 10.0 Å². The molecule has 0 radical (unpaired) electrons. The quantitative estimate of drug-likeness (QED) is 0.497. The molecular formula is C9H12BrClN2O5S.